The molecule has 0 aliphatic rings. The highest BCUT2D eigenvalue weighted by Crippen LogP contribution is 2.41. The average molecular weight is 515 g/mol. The second kappa shape index (κ2) is 7.83. The molecule has 0 radical (unpaired) electrons. The van der Waals surface area contributed by atoms with Crippen LogP contribution < -0.4 is 0 Å². The van der Waals surface area contributed by atoms with E-state index in [2.05, 4.69) is 143 Å². The molecule has 3 aromatic heterocycles. The molecule has 0 bridgehead atoms. The monoisotopic (exact) mass is 514 g/mol. The molecule has 39 heavy (non-hydrogen) atoms. The fourth-order valence-electron chi connectivity index (χ4n) is 6.48. The first-order valence-electron chi connectivity index (χ1n) is 13.3. The van der Waals surface area contributed by atoms with Crippen molar-refractivity contribution in [2.24, 2.45) is 0 Å². The highest BCUT2D eigenvalue weighted by atomic mass is 32.1. The van der Waals surface area contributed by atoms with Crippen molar-refractivity contribution in [1.29, 1.82) is 0 Å². The van der Waals surface area contributed by atoms with Crippen LogP contribution in [0.15, 0.2) is 133 Å². The molecule has 0 spiro atoms. The van der Waals surface area contributed by atoms with Gasteiger partial charge in [-0.1, -0.05) is 91.0 Å². The first-order chi connectivity index (χ1) is 19.4. The number of aromatic nitrogens is 2. The number of hydrogen-bond acceptors (Lipinski definition) is 1. The molecule has 0 atom stereocenters. The number of benzene rings is 6. The summed E-state index contributed by atoms with van der Waals surface area (Å²) >= 11 is 1.87. The lowest BCUT2D eigenvalue weighted by molar-refractivity contribution is 1.13. The maximum Gasteiger partial charge on any atom is 0.0782 e. The lowest BCUT2D eigenvalue weighted by Gasteiger charge is -2.14. The molecule has 3 heterocycles. The maximum atomic E-state index is 2.47. The SMILES string of the molecule is c1ccc2c(c1)sc1cc(-n3c4ccccc4c4cccc(-n5c6ccccc6c6ccccc65)c43)ccc12. The van der Waals surface area contributed by atoms with E-state index in [1.807, 2.05) is 11.3 Å². The summed E-state index contributed by atoms with van der Waals surface area (Å²) in [5, 5.41) is 7.74. The Morgan fingerprint density at radius 2 is 0.923 bits per heavy atom. The Kier molecular flexibility index (Phi) is 4.24. The van der Waals surface area contributed by atoms with E-state index >= 15 is 0 Å². The van der Waals surface area contributed by atoms with Crippen LogP contribution in [-0.2, 0) is 0 Å². The predicted octanol–water partition coefficient (Wildman–Crippen LogP) is 10.2. The van der Waals surface area contributed by atoms with Crippen molar-refractivity contribution in [2.75, 3.05) is 0 Å². The van der Waals surface area contributed by atoms with Gasteiger partial charge in [-0.15, -0.1) is 11.3 Å². The lowest BCUT2D eigenvalue weighted by atomic mass is 10.1. The second-order valence-corrected chi connectivity index (χ2v) is 11.3. The smallest absolute Gasteiger partial charge is 0.0782 e. The van der Waals surface area contributed by atoms with Crippen LogP contribution in [0, 0.1) is 0 Å². The first kappa shape index (κ1) is 21.1. The van der Waals surface area contributed by atoms with E-state index in [0.29, 0.717) is 0 Å². The molecule has 0 N–H and O–H groups in total. The minimum atomic E-state index is 1.19. The summed E-state index contributed by atoms with van der Waals surface area (Å²) in [5.41, 5.74) is 7.28. The molecule has 182 valence electrons. The van der Waals surface area contributed by atoms with Crippen molar-refractivity contribution >= 4 is 75.1 Å². The van der Waals surface area contributed by atoms with Crippen LogP contribution in [-0.4, -0.2) is 9.13 Å². The van der Waals surface area contributed by atoms with Gasteiger partial charge >= 0.3 is 0 Å². The molecule has 2 nitrogen and oxygen atoms in total. The van der Waals surface area contributed by atoms with Gasteiger partial charge in [0.25, 0.3) is 0 Å². The minimum Gasteiger partial charge on any atom is -0.307 e. The summed E-state index contributed by atoms with van der Waals surface area (Å²) in [6.45, 7) is 0. The predicted molar refractivity (Wildman–Crippen MR) is 168 cm³/mol. The van der Waals surface area contributed by atoms with E-state index in [-0.39, 0.29) is 0 Å². The van der Waals surface area contributed by atoms with E-state index in [1.165, 1.54) is 75.2 Å². The van der Waals surface area contributed by atoms with Crippen LogP contribution in [0.3, 0.4) is 0 Å². The maximum absolute atomic E-state index is 2.47. The van der Waals surface area contributed by atoms with Crippen molar-refractivity contribution in [2.45, 2.75) is 0 Å². The van der Waals surface area contributed by atoms with Crippen LogP contribution in [0.1, 0.15) is 0 Å². The van der Waals surface area contributed by atoms with E-state index < -0.39 is 0 Å². The van der Waals surface area contributed by atoms with Crippen LogP contribution in [0.25, 0.3) is 75.2 Å². The third kappa shape index (κ3) is 2.85. The van der Waals surface area contributed by atoms with Gasteiger partial charge in [0.15, 0.2) is 0 Å². The Morgan fingerprint density at radius 1 is 0.385 bits per heavy atom. The van der Waals surface area contributed by atoms with Gasteiger partial charge in [-0.25, -0.2) is 0 Å². The summed E-state index contributed by atoms with van der Waals surface area (Å²) in [4.78, 5) is 0. The first-order valence-corrected chi connectivity index (χ1v) is 14.1. The summed E-state index contributed by atoms with van der Waals surface area (Å²) in [6.07, 6.45) is 0. The Morgan fingerprint density at radius 3 is 1.64 bits per heavy atom. The largest absolute Gasteiger partial charge is 0.307 e. The number of nitrogens with zero attached hydrogens (tertiary/aromatic N) is 2. The summed E-state index contributed by atoms with van der Waals surface area (Å²) < 4.78 is 7.56. The van der Waals surface area contributed by atoms with Gasteiger partial charge in [0.05, 0.1) is 27.8 Å². The summed E-state index contributed by atoms with van der Waals surface area (Å²) in [7, 11) is 0. The van der Waals surface area contributed by atoms with Crippen molar-refractivity contribution < 1.29 is 0 Å². The van der Waals surface area contributed by atoms with Crippen LogP contribution in [0.4, 0.5) is 0 Å². The van der Waals surface area contributed by atoms with Crippen LogP contribution >= 0.6 is 11.3 Å². The van der Waals surface area contributed by atoms with E-state index in [4.69, 9.17) is 0 Å². The molecule has 0 saturated carbocycles. The van der Waals surface area contributed by atoms with Gasteiger partial charge < -0.3 is 9.13 Å². The molecule has 9 rings (SSSR count). The second-order valence-electron chi connectivity index (χ2n) is 10.2. The average Bonchev–Trinajstić information content (AvgIpc) is 3.64. The van der Waals surface area contributed by atoms with Crippen molar-refractivity contribution in [3.63, 3.8) is 0 Å². The third-order valence-electron chi connectivity index (χ3n) is 8.11. The highest BCUT2D eigenvalue weighted by molar-refractivity contribution is 7.25. The highest BCUT2D eigenvalue weighted by Gasteiger charge is 2.20. The van der Waals surface area contributed by atoms with Gasteiger partial charge in [-0.3, -0.25) is 0 Å². The quantitative estimate of drug-likeness (QED) is 0.217. The van der Waals surface area contributed by atoms with Crippen molar-refractivity contribution in [3.05, 3.63) is 133 Å². The fraction of sp³-hybridized carbons (Fsp3) is 0. The summed E-state index contributed by atoms with van der Waals surface area (Å²) in [6, 6.07) is 48.7. The Hall–Kier alpha value is -4.86. The molecule has 0 aliphatic heterocycles. The fourth-order valence-corrected chi connectivity index (χ4v) is 7.62. The summed E-state index contributed by atoms with van der Waals surface area (Å²) in [5.74, 6) is 0. The molecular formula is C36H22N2S. The molecule has 0 unspecified atom stereocenters. The standard InChI is InChI=1S/C36H22N2S/c1-6-16-31-24(10-1)25-11-2-7-17-32(25)38(31)33-18-9-14-29-26-12-3-5-15-30(26)37(36(29)33)23-20-21-28-27-13-4-8-19-34(27)39-35(28)22-23/h1-22H. The van der Waals surface area contributed by atoms with Gasteiger partial charge in [0, 0.05) is 47.4 Å². The number of hydrogen-bond donors (Lipinski definition) is 0. The van der Waals surface area contributed by atoms with E-state index in [9.17, 15) is 0 Å². The Balaban J connectivity index is 1.45. The van der Waals surface area contributed by atoms with Gasteiger partial charge in [-0.2, -0.15) is 0 Å². The number of thiophene rings is 1. The molecule has 6 aromatic carbocycles. The number of rotatable bonds is 2. The van der Waals surface area contributed by atoms with Crippen LogP contribution in [0.5, 0.6) is 0 Å². The van der Waals surface area contributed by atoms with Gasteiger partial charge in [-0.05, 0) is 42.5 Å². The number of para-hydroxylation sites is 4. The molecule has 0 saturated heterocycles. The zero-order valence-electron chi connectivity index (χ0n) is 21.0. The van der Waals surface area contributed by atoms with Crippen molar-refractivity contribution in [3.8, 4) is 11.4 Å². The number of fused-ring (bicyclic) bond motifs is 9. The molecule has 0 aliphatic carbocycles. The molecular weight excluding hydrogens is 492 g/mol. The van der Waals surface area contributed by atoms with E-state index in [0.717, 1.165) is 0 Å². The zero-order chi connectivity index (χ0) is 25.5. The van der Waals surface area contributed by atoms with Crippen LogP contribution in [0.2, 0.25) is 0 Å². The van der Waals surface area contributed by atoms with E-state index in [1.54, 1.807) is 0 Å². The molecule has 9 aromatic rings. The lowest BCUT2D eigenvalue weighted by Crippen LogP contribution is -2.00. The zero-order valence-corrected chi connectivity index (χ0v) is 21.8. The molecule has 3 heteroatoms. The van der Waals surface area contributed by atoms with Gasteiger partial charge in [0.1, 0.15) is 0 Å². The minimum absolute atomic E-state index is 1.19. The van der Waals surface area contributed by atoms with Crippen molar-refractivity contribution in [1.82, 2.24) is 9.13 Å². The Labute approximate surface area is 228 Å². The molecule has 0 amide bonds. The van der Waals surface area contributed by atoms with Gasteiger partial charge in [0.2, 0.25) is 0 Å². The normalized spacial score (nSPS) is 12.1. The third-order valence-corrected chi connectivity index (χ3v) is 9.25. The Bertz CT molecular complexity index is 2350. The topological polar surface area (TPSA) is 9.86 Å². The molecule has 0 fully saturated rings.